The van der Waals surface area contributed by atoms with Crippen LogP contribution in [0.15, 0.2) is 176 Å². The Morgan fingerprint density at radius 1 is 0.473 bits per heavy atom. The molecule has 0 fully saturated rings. The van der Waals surface area contributed by atoms with Crippen LogP contribution < -0.4 is 0 Å². The van der Waals surface area contributed by atoms with Crippen molar-refractivity contribution in [1.29, 1.82) is 5.26 Å². The smallest absolute Gasteiger partial charge is 0.160 e. The molecule has 9 rings (SSSR count). The Kier molecular flexibility index (Phi) is 8.41. The normalized spacial score (nSPS) is 11.5. The van der Waals surface area contributed by atoms with E-state index in [1.54, 1.807) is 0 Å². The van der Waals surface area contributed by atoms with E-state index in [1.807, 2.05) is 48.5 Å². The lowest BCUT2D eigenvalue weighted by Gasteiger charge is -2.22. The second-order valence-corrected chi connectivity index (χ2v) is 15.0. The van der Waals surface area contributed by atoms with Gasteiger partial charge in [0.25, 0.3) is 0 Å². The van der Waals surface area contributed by atoms with Crippen LogP contribution in [0.3, 0.4) is 0 Å². The van der Waals surface area contributed by atoms with E-state index in [0.29, 0.717) is 11.4 Å². The third-order valence-corrected chi connectivity index (χ3v) is 10.4. The Bertz CT molecular complexity index is 2760. The van der Waals surface area contributed by atoms with Crippen molar-refractivity contribution in [3.05, 3.63) is 187 Å². The molecule has 0 saturated heterocycles. The first-order valence-electron chi connectivity index (χ1n) is 18.6. The largest absolute Gasteiger partial charge is 0.308 e. The second-order valence-electron chi connectivity index (χ2n) is 15.0. The van der Waals surface area contributed by atoms with Crippen molar-refractivity contribution in [2.75, 3.05) is 0 Å². The maximum Gasteiger partial charge on any atom is 0.160 e. The number of rotatable bonds is 6. The number of nitriles is 1. The zero-order chi connectivity index (χ0) is 37.5. The lowest BCUT2D eigenvalue weighted by molar-refractivity contribution is 0.591. The summed E-state index contributed by atoms with van der Waals surface area (Å²) in [5.74, 6) is 0.675. The summed E-state index contributed by atoms with van der Waals surface area (Å²) < 4.78 is 2.40. The Balaban J connectivity index is 1.41. The molecule has 0 atom stereocenters. The van der Waals surface area contributed by atoms with Crippen molar-refractivity contribution in [2.45, 2.75) is 26.2 Å². The molecule has 4 nitrogen and oxygen atoms in total. The van der Waals surface area contributed by atoms with Crippen LogP contribution in [0.5, 0.6) is 0 Å². The summed E-state index contributed by atoms with van der Waals surface area (Å²) in [5, 5.41) is 12.2. The number of nitrogens with zero attached hydrogens (tertiary/aromatic N) is 4. The molecular formula is C51H38N4. The number of hydrogen-bond acceptors (Lipinski definition) is 3. The maximum atomic E-state index is 10.0. The highest BCUT2D eigenvalue weighted by molar-refractivity contribution is 6.11. The zero-order valence-electron chi connectivity index (χ0n) is 31.0. The molecule has 0 aliphatic heterocycles. The summed E-state index contributed by atoms with van der Waals surface area (Å²) in [6.07, 6.45) is 0. The van der Waals surface area contributed by atoms with E-state index in [1.165, 1.54) is 5.56 Å². The van der Waals surface area contributed by atoms with E-state index in [2.05, 4.69) is 159 Å². The van der Waals surface area contributed by atoms with Crippen molar-refractivity contribution < 1.29 is 0 Å². The van der Waals surface area contributed by atoms with Crippen LogP contribution in [0, 0.1) is 11.3 Å². The van der Waals surface area contributed by atoms with E-state index in [-0.39, 0.29) is 5.41 Å². The lowest BCUT2D eigenvalue weighted by atomic mass is 9.86. The van der Waals surface area contributed by atoms with Gasteiger partial charge in [0.05, 0.1) is 39.7 Å². The predicted molar refractivity (Wildman–Crippen MR) is 227 cm³/mol. The van der Waals surface area contributed by atoms with Gasteiger partial charge in [0.1, 0.15) is 0 Å². The van der Waals surface area contributed by atoms with E-state index in [0.717, 1.165) is 77.8 Å². The molecular weight excluding hydrogens is 669 g/mol. The molecule has 4 heteroatoms. The highest BCUT2D eigenvalue weighted by atomic mass is 15.0. The van der Waals surface area contributed by atoms with Crippen LogP contribution >= 0.6 is 0 Å². The van der Waals surface area contributed by atoms with Crippen molar-refractivity contribution in [2.24, 2.45) is 0 Å². The first-order valence-corrected chi connectivity index (χ1v) is 18.6. The quantitative estimate of drug-likeness (QED) is 0.173. The SMILES string of the molecule is CC(C)(C)c1ccc2c(c1)c1cc(C#N)ccc1n2-c1c(-c2ccccc2)cc(-c2cc(-c3ccccc3)nc(-c3ccccc3)n2)cc1-c1ccccc1. The lowest BCUT2D eigenvalue weighted by Crippen LogP contribution is -2.10. The van der Waals surface area contributed by atoms with E-state index >= 15 is 0 Å². The number of fused-ring (bicyclic) bond motifs is 3. The summed E-state index contributed by atoms with van der Waals surface area (Å²) in [5.41, 5.74) is 14.0. The van der Waals surface area contributed by atoms with Crippen LogP contribution in [0.25, 0.3) is 83.6 Å². The molecule has 7 aromatic carbocycles. The highest BCUT2D eigenvalue weighted by Gasteiger charge is 2.24. The highest BCUT2D eigenvalue weighted by Crippen LogP contribution is 2.45. The summed E-state index contributed by atoms with van der Waals surface area (Å²) in [7, 11) is 0. The monoisotopic (exact) mass is 706 g/mol. The van der Waals surface area contributed by atoms with Crippen LogP contribution in [0.4, 0.5) is 0 Å². The van der Waals surface area contributed by atoms with Crippen LogP contribution in [-0.2, 0) is 5.41 Å². The summed E-state index contributed by atoms with van der Waals surface area (Å²) in [6.45, 7) is 6.73. The molecule has 0 aliphatic rings. The van der Waals surface area contributed by atoms with E-state index < -0.39 is 0 Å². The molecule has 0 unspecified atom stereocenters. The van der Waals surface area contributed by atoms with Crippen LogP contribution in [0.2, 0.25) is 0 Å². The average molecular weight is 707 g/mol. The minimum atomic E-state index is -0.0454. The number of aromatic nitrogens is 3. The van der Waals surface area contributed by atoms with Crippen molar-refractivity contribution in [3.8, 4) is 67.9 Å². The summed E-state index contributed by atoms with van der Waals surface area (Å²) in [4.78, 5) is 10.4. The fourth-order valence-corrected chi connectivity index (χ4v) is 7.57. The number of hydrogen-bond donors (Lipinski definition) is 0. The molecule has 0 N–H and O–H groups in total. The molecule has 0 radical (unpaired) electrons. The molecule has 2 heterocycles. The molecule has 0 bridgehead atoms. The van der Waals surface area contributed by atoms with Gasteiger partial charge in [-0.15, -0.1) is 0 Å². The molecule has 0 amide bonds. The van der Waals surface area contributed by atoms with Gasteiger partial charge in [-0.2, -0.15) is 5.26 Å². The average Bonchev–Trinajstić information content (AvgIpc) is 3.56. The minimum absolute atomic E-state index is 0.0454. The minimum Gasteiger partial charge on any atom is -0.308 e. The van der Waals surface area contributed by atoms with Gasteiger partial charge in [0.15, 0.2) is 5.82 Å². The van der Waals surface area contributed by atoms with Gasteiger partial charge in [-0.3, -0.25) is 0 Å². The first kappa shape index (κ1) is 33.7. The second kappa shape index (κ2) is 13.7. The molecule has 9 aromatic rings. The molecule has 0 aliphatic carbocycles. The van der Waals surface area contributed by atoms with Gasteiger partial charge in [-0.1, -0.05) is 148 Å². The summed E-state index contributed by atoms with van der Waals surface area (Å²) in [6, 6.07) is 63.7. The molecule has 2 aromatic heterocycles. The van der Waals surface area contributed by atoms with Gasteiger partial charge in [0, 0.05) is 38.6 Å². The van der Waals surface area contributed by atoms with Crippen molar-refractivity contribution in [1.82, 2.24) is 14.5 Å². The first-order chi connectivity index (χ1) is 26.9. The van der Waals surface area contributed by atoms with Gasteiger partial charge in [0.2, 0.25) is 0 Å². The van der Waals surface area contributed by atoms with Gasteiger partial charge >= 0.3 is 0 Å². The molecule has 0 saturated carbocycles. The summed E-state index contributed by atoms with van der Waals surface area (Å²) >= 11 is 0. The fraction of sp³-hybridized carbons (Fsp3) is 0.0784. The van der Waals surface area contributed by atoms with Gasteiger partial charge in [-0.25, -0.2) is 9.97 Å². The Morgan fingerprint density at radius 2 is 0.945 bits per heavy atom. The van der Waals surface area contributed by atoms with Crippen molar-refractivity contribution in [3.63, 3.8) is 0 Å². The Morgan fingerprint density at radius 3 is 1.47 bits per heavy atom. The van der Waals surface area contributed by atoms with Crippen LogP contribution in [0.1, 0.15) is 31.9 Å². The molecule has 262 valence electrons. The standard InChI is InChI=1S/C51H38N4/c1-51(2,3)40-25-27-48-44(31-40)43-28-34(33-52)24-26-47(43)55(48)49-41(35-16-8-4-9-17-35)29-39(30-42(49)36-18-10-5-11-19-36)46-32-45(37-20-12-6-13-21-37)53-50(54-46)38-22-14-7-15-23-38/h4-32H,1-3H3. The maximum absolute atomic E-state index is 10.0. The third kappa shape index (κ3) is 6.26. The Hall–Kier alpha value is -7.09. The molecule has 55 heavy (non-hydrogen) atoms. The van der Waals surface area contributed by atoms with Crippen LogP contribution in [-0.4, -0.2) is 14.5 Å². The third-order valence-electron chi connectivity index (χ3n) is 10.4. The Labute approximate surface area is 321 Å². The topological polar surface area (TPSA) is 54.5 Å². The predicted octanol–water partition coefficient (Wildman–Crippen LogP) is 13.1. The fourth-order valence-electron chi connectivity index (χ4n) is 7.57. The molecule has 0 spiro atoms. The number of benzene rings is 7. The van der Waals surface area contributed by atoms with E-state index in [4.69, 9.17) is 9.97 Å². The van der Waals surface area contributed by atoms with E-state index in [9.17, 15) is 5.26 Å². The van der Waals surface area contributed by atoms with Gasteiger partial charge < -0.3 is 4.57 Å². The van der Waals surface area contributed by atoms with Gasteiger partial charge in [-0.05, 0) is 70.6 Å². The van der Waals surface area contributed by atoms with Crippen molar-refractivity contribution >= 4 is 21.8 Å². The zero-order valence-corrected chi connectivity index (χ0v) is 31.0.